The van der Waals surface area contributed by atoms with Gasteiger partial charge in [0.25, 0.3) is 0 Å². The molecule has 0 spiro atoms. The van der Waals surface area contributed by atoms with Gasteiger partial charge in [-0.25, -0.2) is 9.59 Å². The number of ketones is 2. The highest BCUT2D eigenvalue weighted by Gasteiger charge is 2.19. The number of carbonyl (C=O) groups excluding carboxylic acids is 4. The fraction of sp³-hybridized carbons (Fsp3) is 0.0741. The summed E-state index contributed by atoms with van der Waals surface area (Å²) < 4.78 is 15.2. The monoisotopic (exact) mass is 469 g/mol. The zero-order valence-corrected chi connectivity index (χ0v) is 18.8. The van der Waals surface area contributed by atoms with Crippen LogP contribution in [-0.2, 0) is 9.53 Å². The lowest BCUT2D eigenvalue weighted by Crippen LogP contribution is -2.15. The van der Waals surface area contributed by atoms with Crippen molar-refractivity contribution in [3.63, 3.8) is 0 Å². The molecule has 0 unspecified atom stereocenters. The lowest BCUT2D eigenvalue weighted by molar-refractivity contribution is -0.135. The van der Waals surface area contributed by atoms with Crippen LogP contribution < -0.4 is 9.47 Å². The number of nitrogens with zero attached hydrogens (tertiary/aromatic N) is 1. The number of hydrogen-bond acceptors (Lipinski definition) is 8. The summed E-state index contributed by atoms with van der Waals surface area (Å²) in [6.45, 7) is 0. The largest absolute Gasteiger partial charge is 0.493 e. The molecule has 3 rings (SSSR count). The van der Waals surface area contributed by atoms with E-state index in [4.69, 9.17) is 14.7 Å². The van der Waals surface area contributed by atoms with Crippen molar-refractivity contribution < 1.29 is 33.4 Å². The normalized spacial score (nSPS) is 10.6. The molecule has 8 nitrogen and oxygen atoms in total. The van der Waals surface area contributed by atoms with Crippen LogP contribution in [0.25, 0.3) is 6.08 Å². The maximum Gasteiger partial charge on any atom is 0.348 e. The third-order valence-electron chi connectivity index (χ3n) is 4.85. The first-order valence-corrected chi connectivity index (χ1v) is 10.2. The maximum atomic E-state index is 12.6. The highest BCUT2D eigenvalue weighted by Crippen LogP contribution is 2.30. The maximum absolute atomic E-state index is 12.6. The molecule has 0 aliphatic heterocycles. The Balaban J connectivity index is 1.75. The molecule has 0 aliphatic carbocycles. The Morgan fingerprint density at radius 2 is 1.37 bits per heavy atom. The molecular formula is C27H19NO7. The molecular weight excluding hydrogens is 450 g/mol. The fourth-order valence-corrected chi connectivity index (χ4v) is 3.04. The number of hydrogen-bond donors (Lipinski definition) is 0. The number of benzene rings is 3. The number of nitriles is 1. The zero-order valence-electron chi connectivity index (χ0n) is 18.8. The van der Waals surface area contributed by atoms with Crippen molar-refractivity contribution in [1.82, 2.24) is 0 Å². The quantitative estimate of drug-likeness (QED) is 0.121. The van der Waals surface area contributed by atoms with Crippen LogP contribution >= 0.6 is 0 Å². The molecule has 0 N–H and O–H groups in total. The first-order valence-electron chi connectivity index (χ1n) is 10.2. The number of Topliss-reactive ketones (excluding diaryl/α,β-unsaturated/α-hetero) is 2. The van der Waals surface area contributed by atoms with Gasteiger partial charge in [0.1, 0.15) is 11.6 Å². The Labute approximate surface area is 201 Å². The Kier molecular flexibility index (Phi) is 7.88. The van der Waals surface area contributed by atoms with E-state index in [-0.39, 0.29) is 33.8 Å². The van der Waals surface area contributed by atoms with Crippen molar-refractivity contribution in [2.75, 3.05) is 14.2 Å². The Bertz CT molecular complexity index is 1350. The lowest BCUT2D eigenvalue weighted by atomic mass is 10.0. The standard InChI is InChI=1S/C27H19NO7/c1-33-23-15-17(14-21(16-28)26(31)34-2)8-13-22(23)35-27(32)20-11-9-19(10-12-20)25(30)24(29)18-6-4-3-5-7-18/h3-15H,1-2H3. The van der Waals surface area contributed by atoms with Crippen molar-refractivity contribution in [3.05, 3.63) is 101 Å². The van der Waals surface area contributed by atoms with Gasteiger partial charge in [-0.3, -0.25) is 9.59 Å². The fourth-order valence-electron chi connectivity index (χ4n) is 3.04. The number of rotatable bonds is 8. The average molecular weight is 469 g/mol. The van der Waals surface area contributed by atoms with Crippen molar-refractivity contribution in [2.24, 2.45) is 0 Å². The third kappa shape index (κ3) is 5.86. The van der Waals surface area contributed by atoms with Crippen LogP contribution in [0.3, 0.4) is 0 Å². The van der Waals surface area contributed by atoms with Crippen LogP contribution in [0.4, 0.5) is 0 Å². The molecule has 0 heterocycles. The van der Waals surface area contributed by atoms with E-state index in [1.807, 2.05) is 0 Å². The summed E-state index contributed by atoms with van der Waals surface area (Å²) in [7, 11) is 2.54. The van der Waals surface area contributed by atoms with E-state index in [1.165, 1.54) is 62.8 Å². The van der Waals surface area contributed by atoms with Crippen LogP contribution in [0.1, 0.15) is 36.6 Å². The first kappa shape index (κ1) is 24.6. The van der Waals surface area contributed by atoms with Crippen molar-refractivity contribution in [3.8, 4) is 17.6 Å². The van der Waals surface area contributed by atoms with E-state index in [1.54, 1.807) is 36.4 Å². The van der Waals surface area contributed by atoms with Crippen LogP contribution in [0, 0.1) is 11.3 Å². The van der Waals surface area contributed by atoms with Gasteiger partial charge in [-0.05, 0) is 35.9 Å². The summed E-state index contributed by atoms with van der Waals surface area (Å²) in [6.07, 6.45) is 1.31. The Morgan fingerprint density at radius 1 is 0.771 bits per heavy atom. The summed E-state index contributed by atoms with van der Waals surface area (Å²) >= 11 is 0. The topological polar surface area (TPSA) is 120 Å². The molecule has 0 atom stereocenters. The van der Waals surface area contributed by atoms with Gasteiger partial charge in [0.2, 0.25) is 11.6 Å². The van der Waals surface area contributed by atoms with Gasteiger partial charge < -0.3 is 14.2 Å². The number of ether oxygens (including phenoxy) is 3. The highest BCUT2D eigenvalue weighted by molar-refractivity contribution is 6.49. The molecule has 0 fully saturated rings. The van der Waals surface area contributed by atoms with Crippen LogP contribution in [0.2, 0.25) is 0 Å². The molecule has 35 heavy (non-hydrogen) atoms. The molecule has 0 saturated carbocycles. The van der Waals surface area contributed by atoms with Crippen molar-refractivity contribution in [1.29, 1.82) is 5.26 Å². The van der Waals surface area contributed by atoms with Crippen LogP contribution in [0.15, 0.2) is 78.4 Å². The lowest BCUT2D eigenvalue weighted by Gasteiger charge is -2.10. The number of methoxy groups -OCH3 is 2. The van der Waals surface area contributed by atoms with Gasteiger partial charge in [0, 0.05) is 11.1 Å². The van der Waals surface area contributed by atoms with Gasteiger partial charge >= 0.3 is 11.9 Å². The molecule has 174 valence electrons. The second-order valence-corrected chi connectivity index (χ2v) is 7.06. The molecule has 0 bridgehead atoms. The van der Waals surface area contributed by atoms with Crippen molar-refractivity contribution in [2.45, 2.75) is 0 Å². The number of esters is 2. The smallest absolute Gasteiger partial charge is 0.348 e. The van der Waals surface area contributed by atoms with E-state index in [2.05, 4.69) is 4.74 Å². The molecule has 0 aliphatic rings. The molecule has 0 saturated heterocycles. The third-order valence-corrected chi connectivity index (χ3v) is 4.85. The van der Waals surface area contributed by atoms with Crippen molar-refractivity contribution >= 4 is 29.6 Å². The predicted octanol–water partition coefficient (Wildman–Crippen LogP) is 4.06. The van der Waals surface area contributed by atoms with Gasteiger partial charge in [0.15, 0.2) is 11.5 Å². The summed E-state index contributed by atoms with van der Waals surface area (Å²) in [5, 5.41) is 9.10. The second-order valence-electron chi connectivity index (χ2n) is 7.06. The van der Waals surface area contributed by atoms with Gasteiger partial charge in [-0.15, -0.1) is 0 Å². The molecule has 3 aromatic rings. The van der Waals surface area contributed by atoms with Crippen LogP contribution in [-0.4, -0.2) is 37.7 Å². The Morgan fingerprint density at radius 3 is 1.94 bits per heavy atom. The summed E-state index contributed by atoms with van der Waals surface area (Å²) in [6, 6.07) is 19.9. The summed E-state index contributed by atoms with van der Waals surface area (Å²) in [4.78, 5) is 49.0. The van der Waals surface area contributed by atoms with E-state index >= 15 is 0 Å². The summed E-state index contributed by atoms with van der Waals surface area (Å²) in [5.74, 6) is -2.54. The van der Waals surface area contributed by atoms with Gasteiger partial charge in [-0.1, -0.05) is 48.5 Å². The minimum Gasteiger partial charge on any atom is -0.493 e. The van der Waals surface area contributed by atoms with E-state index in [9.17, 15) is 19.2 Å². The second kappa shape index (κ2) is 11.2. The average Bonchev–Trinajstić information content (AvgIpc) is 2.91. The zero-order chi connectivity index (χ0) is 25.4. The SMILES string of the molecule is COC(=O)C(C#N)=Cc1ccc(OC(=O)c2ccc(C(=O)C(=O)c3ccccc3)cc2)c(OC)c1. The molecule has 0 aromatic heterocycles. The predicted molar refractivity (Wildman–Crippen MR) is 125 cm³/mol. The minimum atomic E-state index is -0.783. The van der Waals surface area contributed by atoms with E-state index < -0.39 is 23.5 Å². The highest BCUT2D eigenvalue weighted by atomic mass is 16.6. The minimum absolute atomic E-state index is 0.102. The van der Waals surface area contributed by atoms with Gasteiger partial charge in [0.05, 0.1) is 19.8 Å². The Hall–Kier alpha value is -5.03. The van der Waals surface area contributed by atoms with Gasteiger partial charge in [-0.2, -0.15) is 5.26 Å². The first-order chi connectivity index (χ1) is 16.9. The molecule has 0 amide bonds. The number of carbonyl (C=O) groups is 4. The molecule has 8 heteroatoms. The molecule has 3 aromatic carbocycles. The summed E-state index contributed by atoms with van der Waals surface area (Å²) in [5.41, 5.74) is 0.814. The molecule has 0 radical (unpaired) electrons. The van der Waals surface area contributed by atoms with E-state index in [0.717, 1.165) is 0 Å². The van der Waals surface area contributed by atoms with Crippen LogP contribution in [0.5, 0.6) is 11.5 Å². The van der Waals surface area contributed by atoms with E-state index in [0.29, 0.717) is 5.56 Å².